The second-order valence-corrected chi connectivity index (χ2v) is 3.72. The average molecular weight is 212 g/mol. The average Bonchev–Trinajstić information content (AvgIpc) is 2.15. The molecule has 0 saturated heterocycles. The zero-order valence-electron chi connectivity index (χ0n) is 6.69. The summed E-state index contributed by atoms with van der Waals surface area (Å²) in [6.07, 6.45) is 3.66. The molecule has 0 aromatic carbocycles. The summed E-state index contributed by atoms with van der Waals surface area (Å²) in [6, 6.07) is 0. The first kappa shape index (κ1) is 8.91. The first-order valence-electron chi connectivity index (χ1n) is 3.48. The third-order valence-electron chi connectivity index (χ3n) is 1.48. The summed E-state index contributed by atoms with van der Waals surface area (Å²) >= 11 is 0. The van der Waals surface area contributed by atoms with Crippen molar-refractivity contribution in [1.82, 2.24) is 19.9 Å². The maximum atomic E-state index is 10.8. The van der Waals surface area contributed by atoms with E-state index >= 15 is 0 Å². The highest BCUT2D eigenvalue weighted by atomic mass is 32.2. The number of aromatic nitrogens is 4. The Labute approximate surface area is 78.6 Å². The molecule has 0 atom stereocenters. The van der Waals surface area contributed by atoms with Gasteiger partial charge in [0.2, 0.25) is 5.03 Å². The highest BCUT2D eigenvalue weighted by Crippen LogP contribution is 2.13. The van der Waals surface area contributed by atoms with Crippen molar-refractivity contribution in [2.24, 2.45) is 0 Å². The smallest absolute Gasteiger partial charge is 0.281 e. The minimum absolute atomic E-state index is 0.0440. The lowest BCUT2D eigenvalue weighted by molar-refractivity contribution is 0.480. The Morgan fingerprint density at radius 1 is 1.07 bits per heavy atom. The lowest BCUT2D eigenvalue weighted by Gasteiger charge is -1.98. The molecule has 0 bridgehead atoms. The Bertz CT molecular complexity index is 577. The van der Waals surface area contributed by atoms with Gasteiger partial charge in [0.05, 0.1) is 0 Å². The molecule has 0 aliphatic carbocycles. The maximum Gasteiger partial charge on any atom is 0.314 e. The van der Waals surface area contributed by atoms with Crippen molar-refractivity contribution in [1.29, 1.82) is 0 Å². The van der Waals surface area contributed by atoms with Gasteiger partial charge in [-0.25, -0.2) is 19.9 Å². The normalized spacial score (nSPS) is 11.8. The van der Waals surface area contributed by atoms with E-state index in [0.29, 0.717) is 0 Å². The first-order chi connectivity index (χ1) is 6.59. The largest absolute Gasteiger partial charge is 0.314 e. The standard InChI is InChI=1S/C6H4N4O3S/c11-14(12,13)6-4-5(9-3-10-6)8-2-1-7-4/h1-3H,(H,11,12,13). The van der Waals surface area contributed by atoms with Gasteiger partial charge in [-0.1, -0.05) is 0 Å². The molecule has 0 fully saturated rings. The Hall–Kier alpha value is -1.67. The van der Waals surface area contributed by atoms with Crippen molar-refractivity contribution < 1.29 is 13.0 Å². The zero-order chi connectivity index (χ0) is 10.2. The van der Waals surface area contributed by atoms with Crippen LogP contribution >= 0.6 is 0 Å². The van der Waals surface area contributed by atoms with Gasteiger partial charge in [-0.15, -0.1) is 0 Å². The topological polar surface area (TPSA) is 106 Å². The minimum Gasteiger partial charge on any atom is -0.281 e. The molecule has 2 aromatic heterocycles. The summed E-state index contributed by atoms with van der Waals surface area (Å²) < 4.78 is 30.5. The van der Waals surface area contributed by atoms with Crippen LogP contribution in [0, 0.1) is 0 Å². The summed E-state index contributed by atoms with van der Waals surface area (Å²) in [5.74, 6) is 0. The molecule has 72 valence electrons. The van der Waals surface area contributed by atoms with Crippen LogP contribution in [-0.2, 0) is 10.1 Å². The van der Waals surface area contributed by atoms with Gasteiger partial charge in [0.15, 0.2) is 5.65 Å². The van der Waals surface area contributed by atoms with Crippen LogP contribution in [-0.4, -0.2) is 32.9 Å². The van der Waals surface area contributed by atoms with Crippen molar-refractivity contribution >= 4 is 21.3 Å². The van der Waals surface area contributed by atoms with Crippen molar-refractivity contribution in [3.8, 4) is 0 Å². The van der Waals surface area contributed by atoms with Crippen LogP contribution < -0.4 is 0 Å². The van der Waals surface area contributed by atoms with Crippen LogP contribution in [0.3, 0.4) is 0 Å². The van der Waals surface area contributed by atoms with Gasteiger partial charge >= 0.3 is 10.1 Å². The molecule has 1 N–H and O–H groups in total. The molecule has 0 aliphatic rings. The van der Waals surface area contributed by atoms with E-state index in [1.165, 1.54) is 12.4 Å². The van der Waals surface area contributed by atoms with E-state index in [-0.39, 0.29) is 11.2 Å². The van der Waals surface area contributed by atoms with E-state index in [1.54, 1.807) is 0 Å². The summed E-state index contributed by atoms with van der Waals surface area (Å²) in [7, 11) is -4.38. The quantitative estimate of drug-likeness (QED) is 0.509. The monoisotopic (exact) mass is 212 g/mol. The number of hydrogen-bond donors (Lipinski definition) is 1. The van der Waals surface area contributed by atoms with Crippen molar-refractivity contribution in [2.75, 3.05) is 0 Å². The van der Waals surface area contributed by atoms with Gasteiger partial charge in [0, 0.05) is 12.4 Å². The molecule has 0 spiro atoms. The predicted octanol–water partition coefficient (Wildman–Crippen LogP) is -0.333. The predicted molar refractivity (Wildman–Crippen MR) is 44.9 cm³/mol. The van der Waals surface area contributed by atoms with E-state index in [2.05, 4.69) is 19.9 Å². The van der Waals surface area contributed by atoms with Gasteiger partial charge in [-0.2, -0.15) is 8.42 Å². The number of rotatable bonds is 1. The molecule has 14 heavy (non-hydrogen) atoms. The first-order valence-corrected chi connectivity index (χ1v) is 4.92. The summed E-state index contributed by atoms with van der Waals surface area (Å²) in [5, 5.41) is -0.532. The Morgan fingerprint density at radius 2 is 1.79 bits per heavy atom. The van der Waals surface area contributed by atoms with Gasteiger partial charge in [0.1, 0.15) is 11.8 Å². The van der Waals surface area contributed by atoms with Crippen LogP contribution in [0.1, 0.15) is 0 Å². The van der Waals surface area contributed by atoms with E-state index in [9.17, 15) is 8.42 Å². The molecule has 8 heteroatoms. The SMILES string of the molecule is O=S(=O)(O)c1ncnc2nccnc12. The molecule has 0 aliphatic heterocycles. The Balaban J connectivity index is 2.92. The zero-order valence-corrected chi connectivity index (χ0v) is 7.51. The van der Waals surface area contributed by atoms with E-state index in [0.717, 1.165) is 6.33 Å². The van der Waals surface area contributed by atoms with E-state index < -0.39 is 15.1 Å². The highest BCUT2D eigenvalue weighted by molar-refractivity contribution is 7.86. The third-order valence-corrected chi connectivity index (χ3v) is 2.27. The molecule has 0 unspecified atom stereocenters. The fourth-order valence-electron chi connectivity index (χ4n) is 0.962. The number of hydrogen-bond acceptors (Lipinski definition) is 6. The Morgan fingerprint density at radius 3 is 2.50 bits per heavy atom. The number of nitrogens with zero attached hydrogens (tertiary/aromatic N) is 4. The van der Waals surface area contributed by atoms with Crippen LogP contribution in [0.25, 0.3) is 11.2 Å². The molecule has 2 heterocycles. The summed E-state index contributed by atoms with van der Waals surface area (Å²) in [4.78, 5) is 14.6. The second-order valence-electron chi connectivity index (χ2n) is 2.38. The molecular formula is C6H4N4O3S. The molecule has 0 amide bonds. The number of fused-ring (bicyclic) bond motifs is 1. The van der Waals surface area contributed by atoms with Crippen molar-refractivity contribution in [3.63, 3.8) is 0 Å². The fourth-order valence-corrected chi connectivity index (χ4v) is 1.53. The van der Waals surface area contributed by atoms with Gasteiger partial charge in [-0.05, 0) is 0 Å². The molecule has 0 radical (unpaired) electrons. The van der Waals surface area contributed by atoms with E-state index in [4.69, 9.17) is 4.55 Å². The molecule has 2 aromatic rings. The van der Waals surface area contributed by atoms with Gasteiger partial charge in [-0.3, -0.25) is 4.55 Å². The Kier molecular flexibility index (Phi) is 1.86. The van der Waals surface area contributed by atoms with E-state index in [1.807, 2.05) is 0 Å². The maximum absolute atomic E-state index is 10.8. The lowest BCUT2D eigenvalue weighted by Crippen LogP contribution is -2.04. The summed E-state index contributed by atoms with van der Waals surface area (Å²) in [5.41, 5.74) is 0.0765. The van der Waals surface area contributed by atoms with Crippen LogP contribution in [0.2, 0.25) is 0 Å². The highest BCUT2D eigenvalue weighted by Gasteiger charge is 2.17. The molecular weight excluding hydrogens is 208 g/mol. The van der Waals surface area contributed by atoms with Crippen molar-refractivity contribution in [2.45, 2.75) is 5.03 Å². The second kappa shape index (κ2) is 2.93. The minimum atomic E-state index is -4.38. The van der Waals surface area contributed by atoms with Crippen LogP contribution in [0.4, 0.5) is 0 Å². The molecule has 0 saturated carbocycles. The summed E-state index contributed by atoms with van der Waals surface area (Å²) in [6.45, 7) is 0. The third kappa shape index (κ3) is 1.40. The molecule has 7 nitrogen and oxygen atoms in total. The fraction of sp³-hybridized carbons (Fsp3) is 0. The molecule has 2 rings (SSSR count). The lowest BCUT2D eigenvalue weighted by atomic mass is 10.5. The van der Waals surface area contributed by atoms with Crippen LogP contribution in [0.15, 0.2) is 23.7 Å². The van der Waals surface area contributed by atoms with Gasteiger partial charge < -0.3 is 0 Å². The van der Waals surface area contributed by atoms with Crippen molar-refractivity contribution in [3.05, 3.63) is 18.7 Å². The van der Waals surface area contributed by atoms with Gasteiger partial charge in [0.25, 0.3) is 0 Å². The van der Waals surface area contributed by atoms with Crippen LogP contribution in [0.5, 0.6) is 0 Å².